The van der Waals surface area contributed by atoms with Crippen molar-refractivity contribution in [2.24, 2.45) is 7.05 Å². The first-order chi connectivity index (χ1) is 13.5. The minimum absolute atomic E-state index is 0.0215. The van der Waals surface area contributed by atoms with E-state index in [2.05, 4.69) is 25.1 Å². The molecule has 0 fully saturated rings. The van der Waals surface area contributed by atoms with Crippen LogP contribution < -0.4 is 0 Å². The van der Waals surface area contributed by atoms with Crippen LogP contribution in [0.3, 0.4) is 0 Å². The lowest BCUT2D eigenvalue weighted by Crippen LogP contribution is -2.39. The molecule has 0 saturated heterocycles. The smallest absolute Gasteiger partial charge is 0.274 e. The number of imidazole rings is 1. The maximum Gasteiger partial charge on any atom is 0.274 e. The SMILES string of the molecule is Cc1cc(C)n2nc(C(=O)N3Cc4[nH]cnc4C(c4cnn(C)c4)C3)cc2n1. The summed E-state index contributed by atoms with van der Waals surface area (Å²) in [5, 5.41) is 8.77. The number of nitrogens with zero attached hydrogens (tertiary/aromatic N) is 7. The molecule has 28 heavy (non-hydrogen) atoms. The first-order valence-corrected chi connectivity index (χ1v) is 9.13. The van der Waals surface area contributed by atoms with E-state index in [0.29, 0.717) is 24.4 Å². The average Bonchev–Trinajstić information content (AvgIpc) is 3.38. The van der Waals surface area contributed by atoms with Crippen molar-refractivity contribution in [3.8, 4) is 0 Å². The van der Waals surface area contributed by atoms with Crippen molar-refractivity contribution >= 4 is 11.6 Å². The second-order valence-corrected chi connectivity index (χ2v) is 7.29. The normalized spacial score (nSPS) is 16.5. The van der Waals surface area contributed by atoms with Crippen molar-refractivity contribution in [3.05, 3.63) is 64.9 Å². The summed E-state index contributed by atoms with van der Waals surface area (Å²) in [5.74, 6) is -0.136. The number of hydrogen-bond acceptors (Lipinski definition) is 5. The minimum atomic E-state index is -0.114. The molecule has 5 rings (SSSR count). The van der Waals surface area contributed by atoms with Crippen molar-refractivity contribution in [3.63, 3.8) is 0 Å². The van der Waals surface area contributed by atoms with Gasteiger partial charge in [0.1, 0.15) is 0 Å². The maximum atomic E-state index is 13.2. The van der Waals surface area contributed by atoms with Gasteiger partial charge in [0.15, 0.2) is 11.3 Å². The number of aromatic nitrogens is 7. The van der Waals surface area contributed by atoms with E-state index in [1.54, 1.807) is 21.6 Å². The summed E-state index contributed by atoms with van der Waals surface area (Å²) in [6.45, 7) is 4.90. The molecule has 5 heterocycles. The zero-order chi connectivity index (χ0) is 19.4. The maximum absolute atomic E-state index is 13.2. The standard InChI is InChI=1S/C19H20N8O/c1-11-4-12(2)27-17(23-11)5-15(24-27)19(28)26-8-14(13-6-22-25(3)7-13)18-16(9-26)20-10-21-18/h4-7,10,14H,8-9H2,1-3H3,(H,20,21). The van der Waals surface area contributed by atoms with Crippen molar-refractivity contribution < 1.29 is 4.79 Å². The van der Waals surface area contributed by atoms with E-state index in [0.717, 1.165) is 28.3 Å². The van der Waals surface area contributed by atoms with E-state index in [1.807, 2.05) is 44.3 Å². The van der Waals surface area contributed by atoms with Gasteiger partial charge < -0.3 is 9.88 Å². The van der Waals surface area contributed by atoms with Crippen molar-refractivity contribution in [2.45, 2.75) is 26.3 Å². The molecule has 0 radical (unpaired) electrons. The lowest BCUT2D eigenvalue weighted by molar-refractivity contribution is 0.0715. The van der Waals surface area contributed by atoms with Gasteiger partial charge in [-0.15, -0.1) is 0 Å². The molecule has 9 nitrogen and oxygen atoms in total. The Morgan fingerprint density at radius 1 is 1.29 bits per heavy atom. The molecule has 1 amide bonds. The molecule has 1 atom stereocenters. The summed E-state index contributed by atoms with van der Waals surface area (Å²) in [4.78, 5) is 27.2. The zero-order valence-electron chi connectivity index (χ0n) is 15.9. The summed E-state index contributed by atoms with van der Waals surface area (Å²) in [6.07, 6.45) is 5.49. The number of aryl methyl sites for hydroxylation is 3. The number of hydrogen-bond donors (Lipinski definition) is 1. The highest BCUT2D eigenvalue weighted by atomic mass is 16.2. The van der Waals surface area contributed by atoms with Crippen molar-refractivity contribution in [1.82, 2.24) is 39.2 Å². The highest BCUT2D eigenvalue weighted by Crippen LogP contribution is 2.31. The second kappa shape index (κ2) is 6.01. The molecular weight excluding hydrogens is 356 g/mol. The summed E-state index contributed by atoms with van der Waals surface area (Å²) in [5.41, 5.74) is 5.89. The van der Waals surface area contributed by atoms with Gasteiger partial charge in [-0.2, -0.15) is 10.2 Å². The molecule has 4 aromatic heterocycles. The molecule has 0 spiro atoms. The summed E-state index contributed by atoms with van der Waals surface area (Å²) in [6, 6.07) is 3.70. The Labute approximate surface area is 161 Å². The Bertz CT molecular complexity index is 1200. The Morgan fingerprint density at radius 3 is 2.93 bits per heavy atom. The number of amides is 1. The topological polar surface area (TPSA) is 97.0 Å². The molecule has 0 saturated carbocycles. The Hall–Kier alpha value is -3.49. The molecule has 1 N–H and O–H groups in total. The van der Waals surface area contributed by atoms with Gasteiger partial charge in [0.2, 0.25) is 0 Å². The molecule has 1 aliphatic heterocycles. The van der Waals surface area contributed by atoms with Crippen LogP contribution in [0, 0.1) is 13.8 Å². The van der Waals surface area contributed by atoms with E-state index < -0.39 is 0 Å². The fourth-order valence-corrected chi connectivity index (χ4v) is 3.91. The van der Waals surface area contributed by atoms with Gasteiger partial charge in [0, 0.05) is 48.7 Å². The third-order valence-corrected chi connectivity index (χ3v) is 5.20. The largest absolute Gasteiger partial charge is 0.347 e. The van der Waals surface area contributed by atoms with Crippen molar-refractivity contribution in [2.75, 3.05) is 6.54 Å². The molecule has 142 valence electrons. The number of aromatic amines is 1. The minimum Gasteiger partial charge on any atom is -0.347 e. The van der Waals surface area contributed by atoms with E-state index >= 15 is 0 Å². The number of carbonyl (C=O) groups is 1. The van der Waals surface area contributed by atoms with Gasteiger partial charge in [-0.25, -0.2) is 14.5 Å². The van der Waals surface area contributed by atoms with Crippen LogP contribution in [0.1, 0.15) is 44.7 Å². The molecule has 1 unspecified atom stereocenters. The predicted molar refractivity (Wildman–Crippen MR) is 101 cm³/mol. The fourth-order valence-electron chi connectivity index (χ4n) is 3.91. The van der Waals surface area contributed by atoms with Gasteiger partial charge >= 0.3 is 0 Å². The summed E-state index contributed by atoms with van der Waals surface area (Å²) in [7, 11) is 1.88. The lowest BCUT2D eigenvalue weighted by Gasteiger charge is -2.31. The number of nitrogens with one attached hydrogen (secondary N) is 1. The highest BCUT2D eigenvalue weighted by Gasteiger charge is 2.33. The molecule has 1 aliphatic rings. The van der Waals surface area contributed by atoms with E-state index in [1.165, 1.54) is 0 Å². The van der Waals surface area contributed by atoms with E-state index in [-0.39, 0.29) is 11.8 Å². The van der Waals surface area contributed by atoms with Gasteiger partial charge in [-0.3, -0.25) is 9.48 Å². The molecule has 9 heteroatoms. The van der Waals surface area contributed by atoms with Gasteiger partial charge in [-0.05, 0) is 19.9 Å². The number of H-pyrrole nitrogens is 1. The van der Waals surface area contributed by atoms with Crippen LogP contribution in [0.15, 0.2) is 30.9 Å². The van der Waals surface area contributed by atoms with Crippen LogP contribution in [-0.2, 0) is 13.6 Å². The lowest BCUT2D eigenvalue weighted by atomic mass is 9.93. The Balaban J connectivity index is 1.51. The third-order valence-electron chi connectivity index (χ3n) is 5.20. The third kappa shape index (κ3) is 2.58. The summed E-state index contributed by atoms with van der Waals surface area (Å²) >= 11 is 0. The van der Waals surface area contributed by atoms with Crippen LogP contribution in [0.25, 0.3) is 5.65 Å². The molecular formula is C19H20N8O. The summed E-state index contributed by atoms with van der Waals surface area (Å²) < 4.78 is 3.48. The molecule has 0 bridgehead atoms. The highest BCUT2D eigenvalue weighted by molar-refractivity contribution is 5.93. The van der Waals surface area contributed by atoms with Crippen LogP contribution in [0.5, 0.6) is 0 Å². The average molecular weight is 376 g/mol. The fraction of sp³-hybridized carbons (Fsp3) is 0.316. The molecule has 0 aromatic carbocycles. The monoisotopic (exact) mass is 376 g/mol. The Morgan fingerprint density at radius 2 is 2.14 bits per heavy atom. The number of carbonyl (C=O) groups excluding carboxylic acids is 1. The number of fused-ring (bicyclic) bond motifs is 2. The quantitative estimate of drug-likeness (QED) is 0.573. The van der Waals surface area contributed by atoms with E-state index in [9.17, 15) is 4.79 Å². The first kappa shape index (κ1) is 16.7. The van der Waals surface area contributed by atoms with Crippen molar-refractivity contribution in [1.29, 1.82) is 0 Å². The van der Waals surface area contributed by atoms with Gasteiger partial charge in [0.25, 0.3) is 5.91 Å². The van der Waals surface area contributed by atoms with Gasteiger partial charge in [-0.1, -0.05) is 0 Å². The first-order valence-electron chi connectivity index (χ1n) is 9.13. The zero-order valence-corrected chi connectivity index (χ0v) is 15.9. The Kier molecular flexibility index (Phi) is 3.58. The van der Waals surface area contributed by atoms with Gasteiger partial charge in [0.05, 0.1) is 30.5 Å². The van der Waals surface area contributed by atoms with Crippen LogP contribution in [0.2, 0.25) is 0 Å². The van der Waals surface area contributed by atoms with Crippen LogP contribution in [0.4, 0.5) is 0 Å². The van der Waals surface area contributed by atoms with Crippen LogP contribution >= 0.6 is 0 Å². The molecule has 0 aliphatic carbocycles. The van der Waals surface area contributed by atoms with Crippen LogP contribution in [-0.4, -0.2) is 51.7 Å². The molecule has 4 aromatic rings. The predicted octanol–water partition coefficient (Wildman–Crippen LogP) is 1.59. The second-order valence-electron chi connectivity index (χ2n) is 7.29. The van der Waals surface area contributed by atoms with E-state index in [4.69, 9.17) is 0 Å². The number of rotatable bonds is 2.